The van der Waals surface area contributed by atoms with Crippen molar-refractivity contribution in [1.29, 1.82) is 5.41 Å². The van der Waals surface area contributed by atoms with Crippen LogP contribution in [0.2, 0.25) is 5.02 Å². The first kappa shape index (κ1) is 29.1. The predicted octanol–water partition coefficient (Wildman–Crippen LogP) is 5.75. The molecule has 2 fully saturated rings. The van der Waals surface area contributed by atoms with Crippen LogP contribution in [0.1, 0.15) is 31.7 Å². The van der Waals surface area contributed by atoms with Crippen LogP contribution >= 0.6 is 11.6 Å². The minimum atomic E-state index is -0.751. The highest BCUT2D eigenvalue weighted by Crippen LogP contribution is 2.48. The number of amides is 1. The lowest BCUT2D eigenvalue weighted by molar-refractivity contribution is -0.128. The van der Waals surface area contributed by atoms with E-state index in [9.17, 15) is 19.0 Å². The highest BCUT2D eigenvalue weighted by Gasteiger charge is 2.35. The molecule has 0 aliphatic carbocycles. The lowest BCUT2D eigenvalue weighted by Crippen LogP contribution is -2.53. The van der Waals surface area contributed by atoms with Gasteiger partial charge in [-0.15, -0.1) is 0 Å². The van der Waals surface area contributed by atoms with Crippen LogP contribution in [0.3, 0.4) is 0 Å². The molecule has 5 rings (SSSR count). The Hall–Kier alpha value is -3.43. The third-order valence-corrected chi connectivity index (χ3v) is 8.66. The van der Waals surface area contributed by atoms with E-state index in [4.69, 9.17) is 16.3 Å². The zero-order valence-corrected chi connectivity index (χ0v) is 24.2. The van der Waals surface area contributed by atoms with Crippen LogP contribution in [-0.2, 0) is 4.79 Å². The van der Waals surface area contributed by atoms with Crippen LogP contribution in [0.5, 0.6) is 5.75 Å². The first-order chi connectivity index (χ1) is 19.6. The molecular formula is C31H36ClF2N5O2. The number of benzene rings is 2. The Kier molecular flexibility index (Phi) is 8.38. The average Bonchev–Trinajstić information content (AvgIpc) is 2.95. The van der Waals surface area contributed by atoms with E-state index in [1.807, 2.05) is 6.92 Å². The maximum Gasteiger partial charge on any atom is 0.246 e. The van der Waals surface area contributed by atoms with E-state index in [1.165, 1.54) is 18.2 Å². The van der Waals surface area contributed by atoms with Crippen molar-refractivity contribution in [2.75, 3.05) is 45.2 Å². The summed E-state index contributed by atoms with van der Waals surface area (Å²) in [5, 5.41) is 13.0. The van der Waals surface area contributed by atoms with Gasteiger partial charge in [-0.25, -0.2) is 8.78 Å². The number of piperazine rings is 1. The molecule has 0 radical (unpaired) electrons. The van der Waals surface area contributed by atoms with Gasteiger partial charge in [-0.1, -0.05) is 24.8 Å². The second-order valence-corrected chi connectivity index (χ2v) is 11.7. The molecule has 0 saturated carbocycles. The summed E-state index contributed by atoms with van der Waals surface area (Å²) in [6.45, 7) is 12.7. The fourth-order valence-corrected chi connectivity index (χ4v) is 6.33. The number of anilines is 1. The highest BCUT2D eigenvalue weighted by molar-refractivity contribution is 6.34. The fourth-order valence-electron chi connectivity index (χ4n) is 6.04. The molecule has 0 spiro atoms. The van der Waals surface area contributed by atoms with E-state index < -0.39 is 11.6 Å². The predicted molar refractivity (Wildman–Crippen MR) is 159 cm³/mol. The van der Waals surface area contributed by atoms with Gasteiger partial charge in [0, 0.05) is 41.0 Å². The normalized spacial score (nSPS) is 21.6. The monoisotopic (exact) mass is 583 g/mol. The van der Waals surface area contributed by atoms with Gasteiger partial charge in [0.05, 0.1) is 23.3 Å². The lowest BCUT2D eigenvalue weighted by atomic mass is 9.89. The Morgan fingerprint density at radius 3 is 2.68 bits per heavy atom. The van der Waals surface area contributed by atoms with E-state index >= 15 is 0 Å². The van der Waals surface area contributed by atoms with Crippen molar-refractivity contribution in [3.63, 3.8) is 0 Å². The number of carbonyl (C=O) groups is 1. The summed E-state index contributed by atoms with van der Waals surface area (Å²) in [7, 11) is 2.13. The second-order valence-electron chi connectivity index (χ2n) is 11.3. The highest BCUT2D eigenvalue weighted by atomic mass is 35.5. The van der Waals surface area contributed by atoms with Crippen molar-refractivity contribution >= 4 is 29.0 Å². The number of nitrogens with zero attached hydrogens (tertiary/aromatic N) is 3. The molecule has 0 unspecified atom stereocenters. The first-order valence-corrected chi connectivity index (χ1v) is 14.3. The smallest absolute Gasteiger partial charge is 0.246 e. The Bertz CT molecular complexity index is 1390. The van der Waals surface area contributed by atoms with Crippen molar-refractivity contribution in [2.45, 2.75) is 38.3 Å². The van der Waals surface area contributed by atoms with E-state index in [0.717, 1.165) is 38.4 Å². The van der Waals surface area contributed by atoms with E-state index in [-0.39, 0.29) is 41.0 Å². The first-order valence-electron chi connectivity index (χ1n) is 13.9. The van der Waals surface area contributed by atoms with Crippen LogP contribution in [0.15, 0.2) is 49.2 Å². The number of likely N-dealkylation sites (tertiary alicyclic amines) is 1. The van der Waals surface area contributed by atoms with Crippen molar-refractivity contribution in [1.82, 2.24) is 14.7 Å². The molecular weight excluding hydrogens is 548 g/mol. The Morgan fingerprint density at radius 1 is 1.27 bits per heavy atom. The fraction of sp³-hybridized carbons (Fsp3) is 0.419. The molecule has 1 amide bonds. The molecule has 2 aromatic carbocycles. The third-order valence-electron chi connectivity index (χ3n) is 8.36. The van der Waals surface area contributed by atoms with E-state index in [2.05, 4.69) is 30.4 Å². The standard InChI is InChI=1S/C31H36ClF2N5O2/c1-5-27(40)38-15-19(3)39(16-18(38)2)31(35)24-14-25(32)28(23-7-6-21(33)13-26(23)34)30-29(24)36-22(17-41-30)12-20-8-10-37(4)11-9-20/h5-7,13-14,18,20,22,35-36H,1,3,8-12,15-17H2,2,4H3/t18-,22-/m1/s1. The van der Waals surface area contributed by atoms with Gasteiger partial charge < -0.3 is 24.8 Å². The van der Waals surface area contributed by atoms with Gasteiger partial charge in [-0.3, -0.25) is 10.2 Å². The van der Waals surface area contributed by atoms with Crippen LogP contribution in [-0.4, -0.2) is 78.4 Å². The Morgan fingerprint density at radius 2 is 2.00 bits per heavy atom. The average molecular weight is 584 g/mol. The lowest BCUT2D eigenvalue weighted by Gasteiger charge is -2.42. The summed E-state index contributed by atoms with van der Waals surface area (Å²) in [4.78, 5) is 18.1. The molecule has 3 aliphatic heterocycles. The van der Waals surface area contributed by atoms with Crippen LogP contribution in [0.25, 0.3) is 11.1 Å². The topological polar surface area (TPSA) is 71.9 Å². The van der Waals surface area contributed by atoms with E-state index in [0.29, 0.717) is 47.3 Å². The number of hydrogen-bond donors (Lipinski definition) is 2. The molecule has 41 heavy (non-hydrogen) atoms. The van der Waals surface area contributed by atoms with Crippen molar-refractivity contribution in [3.8, 4) is 16.9 Å². The van der Waals surface area contributed by atoms with Crippen LogP contribution < -0.4 is 10.1 Å². The van der Waals surface area contributed by atoms with Gasteiger partial charge in [0.25, 0.3) is 0 Å². The van der Waals surface area contributed by atoms with Crippen LogP contribution in [0, 0.1) is 23.0 Å². The van der Waals surface area contributed by atoms with Gasteiger partial charge in [0.1, 0.15) is 24.1 Å². The Balaban J connectivity index is 1.52. The maximum atomic E-state index is 15.0. The number of amidine groups is 1. The van der Waals surface area contributed by atoms with E-state index in [1.54, 1.807) is 15.9 Å². The summed E-state index contributed by atoms with van der Waals surface area (Å²) in [6.07, 6.45) is 4.37. The van der Waals surface area contributed by atoms with Gasteiger partial charge >= 0.3 is 0 Å². The van der Waals surface area contributed by atoms with Crippen molar-refractivity contribution in [2.24, 2.45) is 5.92 Å². The summed E-state index contributed by atoms with van der Waals surface area (Å²) in [5.41, 5.74) is 2.06. The molecule has 218 valence electrons. The zero-order valence-electron chi connectivity index (χ0n) is 23.5. The summed E-state index contributed by atoms with van der Waals surface area (Å²) in [6, 6.07) is 4.79. The number of nitrogens with one attached hydrogen (secondary N) is 2. The SMILES string of the molecule is C=CC(=O)N1CC(=C)N(C(=N)c2cc(Cl)c(-c3ccc(F)cc3F)c3c2N[C@H](CC2CCN(C)CC2)CO3)C[C@H]1C. The number of ether oxygens (including phenoxy) is 1. The molecule has 0 bridgehead atoms. The largest absolute Gasteiger partial charge is 0.489 e. The molecule has 2 N–H and O–H groups in total. The molecule has 7 nitrogen and oxygen atoms in total. The quantitative estimate of drug-likeness (QED) is 0.267. The molecule has 10 heteroatoms. The molecule has 3 heterocycles. The number of carbonyl (C=O) groups excluding carboxylic acids is 1. The maximum absolute atomic E-state index is 15.0. The third kappa shape index (κ3) is 5.83. The van der Waals surface area contributed by atoms with Crippen molar-refractivity contribution < 1.29 is 18.3 Å². The molecule has 3 aliphatic rings. The number of rotatable bonds is 5. The molecule has 2 saturated heterocycles. The molecule has 0 aromatic heterocycles. The minimum absolute atomic E-state index is 0.0151. The van der Waals surface area contributed by atoms with Crippen molar-refractivity contribution in [3.05, 3.63) is 71.4 Å². The number of fused-ring (bicyclic) bond motifs is 1. The second kappa shape index (κ2) is 11.8. The summed E-state index contributed by atoms with van der Waals surface area (Å²) >= 11 is 6.78. The molecule has 2 atom stereocenters. The van der Waals surface area contributed by atoms with Gasteiger partial charge in [0.2, 0.25) is 5.91 Å². The Labute approximate surface area is 244 Å². The van der Waals surface area contributed by atoms with Gasteiger partial charge in [-0.05, 0) is 76.5 Å². The van der Waals surface area contributed by atoms with Crippen LogP contribution in [0.4, 0.5) is 14.5 Å². The molecule has 2 aromatic rings. The number of piperidine rings is 1. The number of halogens is 3. The number of hydrogen-bond acceptors (Lipinski definition) is 5. The van der Waals surface area contributed by atoms with Gasteiger partial charge in [0.15, 0.2) is 5.75 Å². The minimum Gasteiger partial charge on any atom is -0.489 e. The summed E-state index contributed by atoms with van der Waals surface area (Å²) < 4.78 is 35.1. The summed E-state index contributed by atoms with van der Waals surface area (Å²) in [5.74, 6) is -0.612. The van der Waals surface area contributed by atoms with Gasteiger partial charge in [-0.2, -0.15) is 0 Å². The zero-order chi connectivity index (χ0) is 29.4.